The van der Waals surface area contributed by atoms with Crippen molar-refractivity contribution in [3.05, 3.63) is 65.6 Å². The number of hydrogen-bond acceptors (Lipinski definition) is 9. The van der Waals surface area contributed by atoms with Gasteiger partial charge in [0.2, 0.25) is 0 Å². The van der Waals surface area contributed by atoms with E-state index >= 15 is 0 Å². The maximum absolute atomic E-state index is 13.4. The molecule has 4 rings (SSSR count). The lowest BCUT2D eigenvalue weighted by Crippen LogP contribution is -2.29. The van der Waals surface area contributed by atoms with Crippen molar-refractivity contribution in [2.75, 3.05) is 10.6 Å². The molecule has 3 aromatic carbocycles. The lowest BCUT2D eigenvalue weighted by atomic mass is 9.98. The third-order valence-corrected chi connectivity index (χ3v) is 8.43. The number of hydrogen-bond donors (Lipinski definition) is 3. The number of nitrogen functional groups attached to an aromatic ring is 1. The topological polar surface area (TPSA) is 206 Å². The first-order chi connectivity index (χ1) is 16.1. The van der Waals surface area contributed by atoms with Gasteiger partial charge in [0, 0.05) is 10.8 Å². The standard InChI is InChI=1S/C20H14N2O10S3/c1-2-33(25,26)11-5-3-4-10(8-11)22-19(23)15-13-7-6-12(34(27,28)29)9-14(13)17(21)18(35(30,31)32)16(15)20(22)24/h2-9H,1,21H2,(H,27,28,29)(H,30,31,32). The van der Waals surface area contributed by atoms with Gasteiger partial charge in [-0.15, -0.1) is 0 Å². The van der Waals surface area contributed by atoms with Crippen molar-refractivity contribution >= 4 is 64.0 Å². The van der Waals surface area contributed by atoms with Crippen LogP contribution in [0.3, 0.4) is 0 Å². The highest BCUT2D eigenvalue weighted by Crippen LogP contribution is 2.42. The molecule has 0 fully saturated rings. The lowest BCUT2D eigenvalue weighted by molar-refractivity contribution is 0.0925. The lowest BCUT2D eigenvalue weighted by Gasteiger charge is -2.15. The van der Waals surface area contributed by atoms with Gasteiger partial charge in [0.25, 0.3) is 32.1 Å². The molecule has 15 heteroatoms. The van der Waals surface area contributed by atoms with E-state index in [0.29, 0.717) is 10.3 Å². The van der Waals surface area contributed by atoms with E-state index in [1.165, 1.54) is 18.2 Å². The number of carbonyl (C=O) groups excluding carboxylic acids is 2. The Kier molecular flexibility index (Phi) is 5.38. The molecule has 3 aromatic rings. The summed E-state index contributed by atoms with van der Waals surface area (Å²) in [4.78, 5) is 25.0. The average Bonchev–Trinajstić information content (AvgIpc) is 3.02. The van der Waals surface area contributed by atoms with Gasteiger partial charge < -0.3 is 5.73 Å². The fourth-order valence-corrected chi connectivity index (χ4v) is 5.86. The molecule has 0 unspecified atom stereocenters. The number of nitrogens with two attached hydrogens (primary N) is 1. The van der Waals surface area contributed by atoms with Gasteiger partial charge in [0.15, 0.2) is 9.84 Å². The molecule has 0 atom stereocenters. The molecule has 0 bridgehead atoms. The number of carbonyl (C=O) groups is 2. The SMILES string of the molecule is C=CS(=O)(=O)c1cccc(N2C(=O)c3c(S(=O)(=O)O)c(N)c4cc(S(=O)(=O)O)ccc4c3C2=O)c1. The second kappa shape index (κ2) is 7.69. The van der Waals surface area contributed by atoms with E-state index in [2.05, 4.69) is 6.58 Å². The van der Waals surface area contributed by atoms with Crippen molar-refractivity contribution in [2.45, 2.75) is 14.7 Å². The molecule has 35 heavy (non-hydrogen) atoms. The summed E-state index contributed by atoms with van der Waals surface area (Å²) in [5, 5.41) is 0.164. The Labute approximate surface area is 198 Å². The minimum Gasteiger partial charge on any atom is -0.397 e. The Balaban J connectivity index is 2.08. The Morgan fingerprint density at radius 3 is 2.00 bits per heavy atom. The zero-order valence-electron chi connectivity index (χ0n) is 17.2. The van der Waals surface area contributed by atoms with Gasteiger partial charge in [-0.2, -0.15) is 16.8 Å². The van der Waals surface area contributed by atoms with Gasteiger partial charge in [-0.05, 0) is 35.7 Å². The maximum Gasteiger partial charge on any atom is 0.297 e. The van der Waals surface area contributed by atoms with Crippen LogP contribution in [0.15, 0.2) is 69.1 Å². The van der Waals surface area contributed by atoms with Gasteiger partial charge in [0.1, 0.15) is 4.90 Å². The molecule has 0 saturated heterocycles. The van der Waals surface area contributed by atoms with Gasteiger partial charge in [0.05, 0.1) is 32.3 Å². The number of amides is 2. The number of imide groups is 1. The highest BCUT2D eigenvalue weighted by molar-refractivity contribution is 7.94. The van der Waals surface area contributed by atoms with Crippen LogP contribution in [-0.2, 0) is 30.1 Å². The number of benzene rings is 3. The maximum atomic E-state index is 13.4. The quantitative estimate of drug-likeness (QED) is 0.242. The first-order valence-electron chi connectivity index (χ1n) is 9.30. The summed E-state index contributed by atoms with van der Waals surface area (Å²) >= 11 is 0. The Morgan fingerprint density at radius 2 is 1.43 bits per heavy atom. The van der Waals surface area contributed by atoms with Crippen LogP contribution in [0.5, 0.6) is 0 Å². The molecule has 12 nitrogen and oxygen atoms in total. The number of sulfone groups is 1. The van der Waals surface area contributed by atoms with E-state index < -0.39 is 68.5 Å². The number of fused-ring (bicyclic) bond motifs is 3. The zero-order chi connectivity index (χ0) is 26.1. The Morgan fingerprint density at radius 1 is 0.800 bits per heavy atom. The van der Waals surface area contributed by atoms with E-state index in [4.69, 9.17) is 5.73 Å². The molecular formula is C20H14N2O10S3. The van der Waals surface area contributed by atoms with Gasteiger partial charge in [-0.25, -0.2) is 13.3 Å². The van der Waals surface area contributed by atoms with Crippen LogP contribution in [-0.4, -0.2) is 46.2 Å². The fourth-order valence-electron chi connectivity index (χ4n) is 3.77. The summed E-state index contributed by atoms with van der Waals surface area (Å²) in [6, 6.07) is 7.37. The summed E-state index contributed by atoms with van der Waals surface area (Å²) in [7, 11) is -14.0. The normalized spacial score (nSPS) is 14.4. The molecule has 0 radical (unpaired) electrons. The molecule has 2 amide bonds. The van der Waals surface area contributed by atoms with Crippen LogP contribution in [0.2, 0.25) is 0 Å². The van der Waals surface area contributed by atoms with Crippen LogP contribution in [0, 0.1) is 0 Å². The highest BCUT2D eigenvalue weighted by Gasteiger charge is 2.44. The van der Waals surface area contributed by atoms with Gasteiger partial charge in [-0.3, -0.25) is 18.7 Å². The minimum atomic E-state index is -5.24. The fraction of sp³-hybridized carbons (Fsp3) is 0. The predicted octanol–water partition coefficient (Wildman–Crippen LogP) is 1.63. The van der Waals surface area contributed by atoms with E-state index in [-0.39, 0.29) is 21.4 Å². The summed E-state index contributed by atoms with van der Waals surface area (Å²) in [6.07, 6.45) is 0. The first kappa shape index (κ1) is 24.5. The predicted molar refractivity (Wildman–Crippen MR) is 123 cm³/mol. The van der Waals surface area contributed by atoms with Crippen molar-refractivity contribution in [3.8, 4) is 0 Å². The van der Waals surface area contributed by atoms with Gasteiger partial charge >= 0.3 is 0 Å². The van der Waals surface area contributed by atoms with Crippen molar-refractivity contribution in [3.63, 3.8) is 0 Å². The zero-order valence-corrected chi connectivity index (χ0v) is 19.7. The van der Waals surface area contributed by atoms with Crippen molar-refractivity contribution in [1.29, 1.82) is 0 Å². The average molecular weight is 539 g/mol. The molecule has 4 N–H and O–H groups in total. The third-order valence-electron chi connectivity index (χ3n) is 5.29. The number of nitrogens with zero attached hydrogens (tertiary/aromatic N) is 1. The summed E-state index contributed by atoms with van der Waals surface area (Å²) < 4.78 is 91.0. The molecular weight excluding hydrogens is 524 g/mol. The Bertz CT molecular complexity index is 1830. The molecule has 1 aliphatic rings. The van der Waals surface area contributed by atoms with Crippen molar-refractivity contribution < 1.29 is 43.9 Å². The summed E-state index contributed by atoms with van der Waals surface area (Å²) in [5.74, 6) is -2.31. The summed E-state index contributed by atoms with van der Waals surface area (Å²) in [6.45, 7) is 3.20. The van der Waals surface area contributed by atoms with Gasteiger partial charge in [-0.1, -0.05) is 18.7 Å². The molecule has 0 spiro atoms. The largest absolute Gasteiger partial charge is 0.397 e. The molecule has 182 valence electrons. The van der Waals surface area contributed by atoms with E-state index in [9.17, 15) is 43.9 Å². The summed E-state index contributed by atoms with van der Waals surface area (Å²) in [5.41, 5.74) is 3.62. The van der Waals surface area contributed by atoms with E-state index in [1.807, 2.05) is 0 Å². The first-order valence-corrected chi connectivity index (χ1v) is 13.7. The van der Waals surface area contributed by atoms with Crippen LogP contribution in [0.1, 0.15) is 20.7 Å². The third kappa shape index (κ3) is 3.78. The molecule has 0 aromatic heterocycles. The number of rotatable bonds is 5. The van der Waals surface area contributed by atoms with Crippen molar-refractivity contribution in [1.82, 2.24) is 0 Å². The van der Waals surface area contributed by atoms with Crippen molar-refractivity contribution in [2.24, 2.45) is 0 Å². The molecule has 1 heterocycles. The number of anilines is 2. The Hall–Kier alpha value is -3.63. The highest BCUT2D eigenvalue weighted by atomic mass is 32.2. The second-order valence-corrected chi connectivity index (χ2v) is 12.0. The van der Waals surface area contributed by atoms with Crippen LogP contribution < -0.4 is 10.6 Å². The minimum absolute atomic E-state index is 0.145. The van der Waals surface area contributed by atoms with Crippen LogP contribution >= 0.6 is 0 Å². The van der Waals surface area contributed by atoms with Crippen LogP contribution in [0.4, 0.5) is 11.4 Å². The smallest absolute Gasteiger partial charge is 0.297 e. The van der Waals surface area contributed by atoms with E-state index in [1.54, 1.807) is 0 Å². The van der Waals surface area contributed by atoms with E-state index in [0.717, 1.165) is 24.3 Å². The molecule has 0 saturated carbocycles. The molecule has 0 aliphatic carbocycles. The monoisotopic (exact) mass is 538 g/mol. The second-order valence-electron chi connectivity index (χ2n) is 7.31. The van der Waals surface area contributed by atoms with Crippen LogP contribution in [0.25, 0.3) is 10.8 Å². The molecule has 1 aliphatic heterocycles.